The number of nitrogens with zero attached hydrogens (tertiary/aromatic N) is 2. The lowest BCUT2D eigenvalue weighted by molar-refractivity contribution is -0.140. The lowest BCUT2D eigenvalue weighted by Gasteiger charge is -2.26. The normalized spacial score (nSPS) is 27.7. The van der Waals surface area contributed by atoms with Crippen molar-refractivity contribution in [1.29, 1.82) is 0 Å². The van der Waals surface area contributed by atoms with Crippen molar-refractivity contribution in [3.05, 3.63) is 47.0 Å². The van der Waals surface area contributed by atoms with E-state index in [-0.39, 0.29) is 36.4 Å². The number of allylic oxidation sites excluding steroid dienone is 1. The number of amides is 4. The summed E-state index contributed by atoms with van der Waals surface area (Å²) in [5.74, 6) is -4.28. The van der Waals surface area contributed by atoms with Crippen molar-refractivity contribution < 1.29 is 45.5 Å². The van der Waals surface area contributed by atoms with Gasteiger partial charge in [0.05, 0.1) is 28.3 Å². The van der Waals surface area contributed by atoms with Crippen LogP contribution in [0.4, 0.5) is 23.7 Å². The Bertz CT molecular complexity index is 1840. The molecule has 1 aromatic heterocycles. The zero-order valence-electron chi connectivity index (χ0n) is 28.1. The van der Waals surface area contributed by atoms with Crippen LogP contribution in [0.5, 0.6) is 0 Å². The molecule has 17 heteroatoms. The molecule has 3 aliphatic carbocycles. The van der Waals surface area contributed by atoms with E-state index in [1.54, 1.807) is 13.2 Å². The second-order valence-electron chi connectivity index (χ2n) is 13.7. The zero-order chi connectivity index (χ0) is 36.7. The van der Waals surface area contributed by atoms with E-state index in [9.17, 15) is 40.8 Å². The number of aromatic nitrogens is 1. The SMILES string of the molecule is CCc1cnc(-c2ccc(C(F)(F)F)cc2NC(=O)O[C@@H]2C[C@H]3C(=O)N[C@]4(C(=O)NS(=O)(=O)C5CC5)C[C@@H]4/C=C\CCCCN(C)C(=O)[C@@H]3C2)s1. The van der Waals surface area contributed by atoms with Gasteiger partial charge in [0.1, 0.15) is 16.7 Å². The first-order chi connectivity index (χ1) is 24.1. The number of fused-ring (bicyclic) bond motifs is 2. The van der Waals surface area contributed by atoms with E-state index in [0.717, 1.165) is 23.4 Å². The summed E-state index contributed by atoms with van der Waals surface area (Å²) < 4.78 is 74.1. The predicted molar refractivity (Wildman–Crippen MR) is 182 cm³/mol. The smallest absolute Gasteiger partial charge is 0.416 e. The fourth-order valence-electron chi connectivity index (χ4n) is 6.79. The number of alkyl halides is 3. The fraction of sp³-hybridized carbons (Fsp3) is 0.559. The molecule has 2 heterocycles. The first-order valence-electron chi connectivity index (χ1n) is 17.0. The summed E-state index contributed by atoms with van der Waals surface area (Å²) in [5, 5.41) is 4.95. The van der Waals surface area contributed by atoms with Crippen molar-refractivity contribution in [2.45, 2.75) is 87.8 Å². The summed E-state index contributed by atoms with van der Waals surface area (Å²) in [7, 11) is -2.29. The highest BCUT2D eigenvalue weighted by atomic mass is 32.2. The molecule has 0 bridgehead atoms. The maximum atomic E-state index is 14.0. The highest BCUT2D eigenvalue weighted by molar-refractivity contribution is 7.91. The molecule has 276 valence electrons. The molecule has 4 amide bonds. The molecule has 0 unspecified atom stereocenters. The van der Waals surface area contributed by atoms with Crippen molar-refractivity contribution in [3.63, 3.8) is 0 Å². The topological polar surface area (TPSA) is 164 Å². The molecule has 0 spiro atoms. The molecule has 0 radical (unpaired) electrons. The van der Waals surface area contributed by atoms with Crippen LogP contribution >= 0.6 is 11.3 Å². The summed E-state index contributed by atoms with van der Waals surface area (Å²) in [6, 6.07) is 2.94. The number of nitrogens with one attached hydrogen (secondary N) is 3. The minimum absolute atomic E-state index is 0.0466. The summed E-state index contributed by atoms with van der Waals surface area (Å²) in [4.78, 5) is 61.1. The average molecular weight is 752 g/mol. The molecular formula is C34H40F3N5O7S2. The second-order valence-corrected chi connectivity index (χ2v) is 16.8. The van der Waals surface area contributed by atoms with Crippen LogP contribution in [-0.2, 0) is 41.7 Å². The van der Waals surface area contributed by atoms with E-state index < -0.39 is 74.3 Å². The molecule has 0 saturated heterocycles. The minimum atomic E-state index is -4.69. The van der Waals surface area contributed by atoms with Crippen molar-refractivity contribution in [2.24, 2.45) is 17.8 Å². The van der Waals surface area contributed by atoms with Crippen molar-refractivity contribution in [2.75, 3.05) is 18.9 Å². The second kappa shape index (κ2) is 14.2. The van der Waals surface area contributed by atoms with Gasteiger partial charge in [-0.15, -0.1) is 11.3 Å². The number of benzene rings is 1. The molecular weight excluding hydrogens is 712 g/mol. The van der Waals surface area contributed by atoms with E-state index in [0.29, 0.717) is 43.7 Å². The highest BCUT2D eigenvalue weighted by Crippen LogP contribution is 2.47. The Morgan fingerprint density at radius 3 is 2.59 bits per heavy atom. The van der Waals surface area contributed by atoms with Gasteiger partial charge in [-0.3, -0.25) is 24.4 Å². The molecule has 5 atom stereocenters. The Balaban J connectivity index is 1.22. The molecule has 1 aliphatic heterocycles. The number of halogens is 3. The zero-order valence-corrected chi connectivity index (χ0v) is 29.8. The van der Waals surface area contributed by atoms with Crippen LogP contribution in [0.1, 0.15) is 68.7 Å². The minimum Gasteiger partial charge on any atom is -0.446 e. The van der Waals surface area contributed by atoms with E-state index >= 15 is 0 Å². The Hall–Kier alpha value is -3.99. The molecule has 1 aromatic carbocycles. The van der Waals surface area contributed by atoms with Crippen LogP contribution in [0.15, 0.2) is 36.5 Å². The molecule has 51 heavy (non-hydrogen) atoms. The standard InChI is InChI=1S/C34H40F3N5O7S2/c1-3-22-18-38-29(50-22)24-12-9-19(34(35,36)37)14-27(24)39-32(46)49-21-15-25-26(16-21)30(44)42(2)13-7-5-4-6-8-20-17-33(20,40-28(25)43)31(45)41-51(47,48)23-10-11-23/h6,8-9,12,14,18,20-21,23,25-26H,3-5,7,10-11,13,15-17H2,1-2H3,(H,39,46)(H,40,43)(H,41,45)/b8-6-/t20-,21+,25+,26+,33+/m0/s1. The third-order valence-electron chi connectivity index (χ3n) is 9.99. The van der Waals surface area contributed by atoms with Crippen LogP contribution in [0.3, 0.4) is 0 Å². The number of thiazole rings is 1. The van der Waals surface area contributed by atoms with Crippen molar-refractivity contribution in [1.82, 2.24) is 19.9 Å². The number of carbonyl (C=O) groups is 4. The van der Waals surface area contributed by atoms with Crippen LogP contribution in [0.25, 0.3) is 10.6 Å². The molecule has 4 aliphatic rings. The first-order valence-corrected chi connectivity index (χ1v) is 19.4. The third-order valence-corrected chi connectivity index (χ3v) is 13.0. The van der Waals surface area contributed by atoms with Gasteiger partial charge in [0.25, 0.3) is 5.91 Å². The van der Waals surface area contributed by atoms with Gasteiger partial charge in [-0.2, -0.15) is 13.2 Å². The van der Waals surface area contributed by atoms with Crippen molar-refractivity contribution in [3.8, 4) is 10.6 Å². The molecule has 2 aromatic rings. The van der Waals surface area contributed by atoms with Crippen LogP contribution in [-0.4, -0.2) is 72.6 Å². The fourth-order valence-corrected chi connectivity index (χ4v) is 9.04. The van der Waals surface area contributed by atoms with Gasteiger partial charge in [-0.05, 0) is 76.0 Å². The average Bonchev–Trinajstić information content (AvgIpc) is 3.95. The largest absolute Gasteiger partial charge is 0.446 e. The first kappa shape index (κ1) is 36.8. The van der Waals surface area contributed by atoms with E-state index in [1.165, 1.54) is 22.3 Å². The van der Waals surface area contributed by atoms with Crippen molar-refractivity contribution >= 4 is 50.9 Å². The predicted octanol–water partition coefficient (Wildman–Crippen LogP) is 5.02. The third kappa shape index (κ3) is 8.08. The van der Waals surface area contributed by atoms with Gasteiger partial charge in [-0.25, -0.2) is 18.2 Å². The van der Waals surface area contributed by atoms with Gasteiger partial charge < -0.3 is 15.0 Å². The summed E-state index contributed by atoms with van der Waals surface area (Å²) >= 11 is 1.28. The number of hydrogen-bond donors (Lipinski definition) is 3. The monoisotopic (exact) mass is 751 g/mol. The lowest BCUT2D eigenvalue weighted by Crippen LogP contribution is -2.54. The molecule has 3 saturated carbocycles. The number of ether oxygens (including phenoxy) is 1. The van der Waals surface area contributed by atoms with Gasteiger partial charge in [-0.1, -0.05) is 19.1 Å². The van der Waals surface area contributed by atoms with Gasteiger partial charge in [0.15, 0.2) is 0 Å². The Kier molecular flexibility index (Phi) is 10.2. The molecule has 12 nitrogen and oxygen atoms in total. The Morgan fingerprint density at radius 2 is 1.90 bits per heavy atom. The van der Waals surface area contributed by atoms with E-state index in [2.05, 4.69) is 20.3 Å². The number of aryl methyl sites for hydroxylation is 1. The van der Waals surface area contributed by atoms with Gasteiger partial charge >= 0.3 is 12.3 Å². The van der Waals surface area contributed by atoms with Gasteiger partial charge in [0.2, 0.25) is 21.8 Å². The number of rotatable bonds is 7. The van der Waals surface area contributed by atoms with Crippen LogP contribution < -0.4 is 15.4 Å². The molecule has 3 N–H and O–H groups in total. The number of carbonyl (C=O) groups excluding carboxylic acids is 4. The Morgan fingerprint density at radius 1 is 1.16 bits per heavy atom. The Labute approximate surface area is 297 Å². The quantitative estimate of drug-likeness (QED) is 0.333. The summed E-state index contributed by atoms with van der Waals surface area (Å²) in [6.07, 6.45) is 2.23. The maximum absolute atomic E-state index is 14.0. The number of hydrogen-bond acceptors (Lipinski definition) is 9. The highest BCUT2D eigenvalue weighted by Gasteiger charge is 2.62. The van der Waals surface area contributed by atoms with Gasteiger partial charge in [0, 0.05) is 36.1 Å². The van der Waals surface area contributed by atoms with E-state index in [1.807, 2.05) is 19.1 Å². The molecule has 6 rings (SSSR count). The molecule has 3 fully saturated rings. The maximum Gasteiger partial charge on any atom is 0.416 e. The van der Waals surface area contributed by atoms with E-state index in [4.69, 9.17) is 4.74 Å². The van der Waals surface area contributed by atoms with Crippen LogP contribution in [0.2, 0.25) is 0 Å². The lowest BCUT2D eigenvalue weighted by atomic mass is 9.93. The summed E-state index contributed by atoms with van der Waals surface area (Å²) in [6.45, 7) is 2.34. The number of anilines is 1. The van der Waals surface area contributed by atoms with Crippen LogP contribution in [0, 0.1) is 17.8 Å². The number of sulfonamides is 1. The summed E-state index contributed by atoms with van der Waals surface area (Å²) in [5.41, 5.74) is -2.41.